The second-order valence-corrected chi connectivity index (χ2v) is 8.83. The Labute approximate surface area is 173 Å². The Morgan fingerprint density at radius 3 is 2.31 bits per heavy atom. The van der Waals surface area contributed by atoms with Crippen LogP contribution in [0.2, 0.25) is 0 Å². The van der Waals surface area contributed by atoms with Crippen LogP contribution in [0.25, 0.3) is 0 Å². The van der Waals surface area contributed by atoms with E-state index in [1.807, 2.05) is 48.3 Å². The van der Waals surface area contributed by atoms with E-state index in [1.54, 1.807) is 6.92 Å². The number of nitrogens with one attached hydrogen (secondary N) is 1. The molecule has 2 aromatic rings. The lowest BCUT2D eigenvalue weighted by molar-refractivity contribution is -0.133. The average Bonchev–Trinajstić information content (AvgIpc) is 2.86. The fraction of sp³-hybridized carbons (Fsp3) is 0.417. The van der Waals surface area contributed by atoms with Gasteiger partial charge in [0.2, 0.25) is 5.91 Å². The summed E-state index contributed by atoms with van der Waals surface area (Å²) in [5, 5.41) is 2.86. The van der Waals surface area contributed by atoms with Gasteiger partial charge in [0.25, 0.3) is 5.91 Å². The highest BCUT2D eigenvalue weighted by Gasteiger charge is 2.26. The average molecular weight is 394 g/mol. The van der Waals surface area contributed by atoms with Gasteiger partial charge in [0.15, 0.2) is 0 Å². The molecule has 0 aromatic heterocycles. The number of likely N-dealkylation sites (N-methyl/N-ethyl adjacent to an activating group) is 1. The summed E-state index contributed by atoms with van der Waals surface area (Å²) >= 11 is 0. The van der Waals surface area contributed by atoms with Gasteiger partial charge in [0.1, 0.15) is 6.04 Å². The van der Waals surface area contributed by atoms with Crippen molar-refractivity contribution in [3.8, 4) is 0 Å². The number of amides is 2. The first-order valence-corrected chi connectivity index (χ1v) is 10.2. The van der Waals surface area contributed by atoms with E-state index in [4.69, 9.17) is 0 Å². The highest BCUT2D eigenvalue weighted by Crippen LogP contribution is 2.24. The van der Waals surface area contributed by atoms with Gasteiger partial charge in [-0.3, -0.25) is 9.59 Å². The number of fused-ring (bicyclic) bond motifs is 1. The summed E-state index contributed by atoms with van der Waals surface area (Å²) < 4.78 is 0. The maximum Gasteiger partial charge on any atom is 0.251 e. The predicted octanol–water partition coefficient (Wildman–Crippen LogP) is 3.58. The van der Waals surface area contributed by atoms with Crippen LogP contribution in [0.1, 0.15) is 49.2 Å². The summed E-state index contributed by atoms with van der Waals surface area (Å²) in [6.07, 6.45) is 0. The van der Waals surface area contributed by atoms with Crippen LogP contribution in [-0.4, -0.2) is 42.9 Å². The second kappa shape index (κ2) is 8.27. The van der Waals surface area contributed by atoms with Crippen molar-refractivity contribution in [3.05, 3.63) is 65.2 Å². The van der Waals surface area contributed by atoms with E-state index in [1.165, 1.54) is 5.56 Å². The highest BCUT2D eigenvalue weighted by molar-refractivity contribution is 5.97. The van der Waals surface area contributed by atoms with E-state index in [0.717, 1.165) is 17.8 Å². The maximum atomic E-state index is 13.0. The van der Waals surface area contributed by atoms with Crippen LogP contribution in [0.3, 0.4) is 0 Å². The molecule has 154 valence electrons. The van der Waals surface area contributed by atoms with Crippen LogP contribution in [0.5, 0.6) is 0 Å². The zero-order valence-corrected chi connectivity index (χ0v) is 18.0. The smallest absolute Gasteiger partial charge is 0.251 e. The molecule has 1 atom stereocenters. The van der Waals surface area contributed by atoms with Gasteiger partial charge in [-0.2, -0.15) is 0 Å². The zero-order valence-electron chi connectivity index (χ0n) is 18.0. The first-order chi connectivity index (χ1) is 13.7. The van der Waals surface area contributed by atoms with Crippen LogP contribution in [0, 0.1) is 0 Å². The quantitative estimate of drug-likeness (QED) is 0.867. The first-order valence-electron chi connectivity index (χ1n) is 10.2. The Bertz CT molecular complexity index is 884. The molecule has 0 fully saturated rings. The summed E-state index contributed by atoms with van der Waals surface area (Å²) in [7, 11) is 2.04. The minimum absolute atomic E-state index is 0.0362. The van der Waals surface area contributed by atoms with E-state index in [2.05, 4.69) is 43.1 Å². The van der Waals surface area contributed by atoms with Crippen molar-refractivity contribution in [1.29, 1.82) is 0 Å². The molecule has 0 bridgehead atoms. The minimum Gasteiger partial charge on any atom is -0.373 e. The van der Waals surface area contributed by atoms with Crippen LogP contribution in [-0.2, 0) is 16.8 Å². The molecule has 3 rings (SSSR count). The highest BCUT2D eigenvalue weighted by atomic mass is 16.2. The Kier molecular flexibility index (Phi) is 5.96. The number of rotatable bonds is 3. The Morgan fingerprint density at radius 1 is 1.00 bits per heavy atom. The SMILES string of the molecule is CC(NC(=O)c1ccc(C(C)(C)C)cc1)C(=O)N1CCN(C)c2ccccc2C1. The molecule has 5 nitrogen and oxygen atoms in total. The van der Waals surface area contributed by atoms with Gasteiger partial charge in [0, 0.05) is 37.9 Å². The number of carbonyl (C=O) groups is 2. The summed E-state index contributed by atoms with van der Waals surface area (Å²) in [5.74, 6) is -0.284. The number of benzene rings is 2. The molecule has 2 aromatic carbocycles. The maximum absolute atomic E-state index is 13.0. The molecule has 0 aliphatic carbocycles. The monoisotopic (exact) mass is 393 g/mol. The number of hydrogen-bond acceptors (Lipinski definition) is 3. The number of hydrogen-bond donors (Lipinski definition) is 1. The van der Waals surface area contributed by atoms with E-state index in [-0.39, 0.29) is 17.2 Å². The normalized spacial score (nSPS) is 15.3. The predicted molar refractivity (Wildman–Crippen MR) is 117 cm³/mol. The van der Waals surface area contributed by atoms with Crippen molar-refractivity contribution in [2.75, 3.05) is 25.0 Å². The van der Waals surface area contributed by atoms with Gasteiger partial charge in [-0.1, -0.05) is 51.1 Å². The van der Waals surface area contributed by atoms with Crippen molar-refractivity contribution in [2.45, 2.75) is 45.7 Å². The molecule has 1 aliphatic rings. The third-order valence-corrected chi connectivity index (χ3v) is 5.51. The molecule has 1 heterocycles. The molecule has 0 radical (unpaired) electrons. The molecule has 0 saturated carbocycles. The van der Waals surface area contributed by atoms with Crippen molar-refractivity contribution in [2.24, 2.45) is 0 Å². The van der Waals surface area contributed by atoms with Crippen LogP contribution < -0.4 is 10.2 Å². The van der Waals surface area contributed by atoms with E-state index in [0.29, 0.717) is 18.7 Å². The lowest BCUT2D eigenvalue weighted by Crippen LogP contribution is -2.47. The van der Waals surface area contributed by atoms with E-state index >= 15 is 0 Å². The lowest BCUT2D eigenvalue weighted by Gasteiger charge is -2.25. The van der Waals surface area contributed by atoms with Gasteiger partial charge < -0.3 is 15.1 Å². The van der Waals surface area contributed by atoms with Crippen LogP contribution in [0.15, 0.2) is 48.5 Å². The molecule has 0 saturated heterocycles. The third-order valence-electron chi connectivity index (χ3n) is 5.51. The molecular weight excluding hydrogens is 362 g/mol. The van der Waals surface area contributed by atoms with Gasteiger partial charge in [-0.15, -0.1) is 0 Å². The van der Waals surface area contributed by atoms with Gasteiger partial charge >= 0.3 is 0 Å². The molecule has 1 aliphatic heterocycles. The fourth-order valence-electron chi connectivity index (χ4n) is 3.62. The number of para-hydroxylation sites is 1. The van der Waals surface area contributed by atoms with Crippen molar-refractivity contribution < 1.29 is 9.59 Å². The molecule has 29 heavy (non-hydrogen) atoms. The van der Waals surface area contributed by atoms with Crippen LogP contribution in [0.4, 0.5) is 5.69 Å². The summed E-state index contributed by atoms with van der Waals surface area (Å²) in [6, 6.07) is 15.2. The summed E-state index contributed by atoms with van der Waals surface area (Å²) in [5.41, 5.74) is 4.05. The molecular formula is C24H31N3O2. The molecule has 2 amide bonds. The Morgan fingerprint density at radius 2 is 1.66 bits per heavy atom. The van der Waals surface area contributed by atoms with Crippen molar-refractivity contribution in [1.82, 2.24) is 10.2 Å². The lowest BCUT2D eigenvalue weighted by atomic mass is 9.86. The zero-order chi connectivity index (χ0) is 21.2. The van der Waals surface area contributed by atoms with Crippen molar-refractivity contribution in [3.63, 3.8) is 0 Å². The second-order valence-electron chi connectivity index (χ2n) is 8.83. The standard InChI is InChI=1S/C24H31N3O2/c1-17(25-22(28)18-10-12-20(13-11-18)24(2,3)4)23(29)27-15-14-26(5)21-9-7-6-8-19(21)16-27/h6-13,17H,14-16H2,1-5H3,(H,25,28). The topological polar surface area (TPSA) is 52.7 Å². The Hall–Kier alpha value is -2.82. The van der Waals surface area contributed by atoms with E-state index < -0.39 is 6.04 Å². The van der Waals surface area contributed by atoms with Gasteiger partial charge in [0.05, 0.1) is 0 Å². The molecule has 1 unspecified atom stereocenters. The van der Waals surface area contributed by atoms with Gasteiger partial charge in [-0.05, 0) is 41.7 Å². The number of anilines is 1. The summed E-state index contributed by atoms with van der Waals surface area (Å²) in [6.45, 7) is 10.1. The largest absolute Gasteiger partial charge is 0.373 e. The minimum atomic E-state index is -0.583. The van der Waals surface area contributed by atoms with Gasteiger partial charge in [-0.25, -0.2) is 0 Å². The van der Waals surface area contributed by atoms with E-state index in [9.17, 15) is 9.59 Å². The molecule has 0 spiro atoms. The molecule has 5 heteroatoms. The first kappa shape index (κ1) is 20.9. The summed E-state index contributed by atoms with van der Waals surface area (Å²) in [4.78, 5) is 29.6. The fourth-order valence-corrected chi connectivity index (χ4v) is 3.62. The molecule has 1 N–H and O–H groups in total. The Balaban J connectivity index is 1.66. The number of nitrogens with zero attached hydrogens (tertiary/aromatic N) is 2. The van der Waals surface area contributed by atoms with Crippen LogP contribution >= 0.6 is 0 Å². The third kappa shape index (κ3) is 4.78. The number of carbonyl (C=O) groups excluding carboxylic acids is 2. The van der Waals surface area contributed by atoms with Crippen molar-refractivity contribution >= 4 is 17.5 Å².